The van der Waals surface area contributed by atoms with Crippen molar-refractivity contribution in [2.75, 3.05) is 19.6 Å². The van der Waals surface area contributed by atoms with Gasteiger partial charge in [-0.25, -0.2) is 4.98 Å². The fourth-order valence-corrected chi connectivity index (χ4v) is 4.76. The van der Waals surface area contributed by atoms with Gasteiger partial charge < -0.3 is 9.47 Å². The Morgan fingerprint density at radius 3 is 2.46 bits per heavy atom. The molecule has 4 rings (SSSR count). The lowest BCUT2D eigenvalue weighted by Gasteiger charge is -2.35. The molecule has 0 spiro atoms. The van der Waals surface area contributed by atoms with Gasteiger partial charge in [-0.15, -0.1) is 0 Å². The summed E-state index contributed by atoms with van der Waals surface area (Å²) >= 11 is 0. The fraction of sp³-hybridized carbons (Fsp3) is 0.636. The van der Waals surface area contributed by atoms with Crippen LogP contribution in [0, 0.1) is 18.8 Å². The SMILES string of the molecule is Cc1cnc(-c2cccnc2)n1CC1CCN(CC2CCCCC2)CC1. The molecule has 1 aliphatic carbocycles. The minimum absolute atomic E-state index is 0.765. The third kappa shape index (κ3) is 4.17. The van der Waals surface area contributed by atoms with E-state index in [2.05, 4.69) is 32.4 Å². The number of imidazole rings is 1. The van der Waals surface area contributed by atoms with E-state index in [1.165, 1.54) is 70.3 Å². The lowest BCUT2D eigenvalue weighted by Crippen LogP contribution is -2.38. The van der Waals surface area contributed by atoms with E-state index < -0.39 is 0 Å². The van der Waals surface area contributed by atoms with Crippen molar-refractivity contribution in [2.45, 2.75) is 58.4 Å². The van der Waals surface area contributed by atoms with Gasteiger partial charge in [0.05, 0.1) is 0 Å². The number of hydrogen-bond acceptors (Lipinski definition) is 3. The van der Waals surface area contributed by atoms with Crippen LogP contribution in [0.3, 0.4) is 0 Å². The number of aryl methyl sites for hydroxylation is 1. The van der Waals surface area contributed by atoms with Crippen molar-refractivity contribution in [1.29, 1.82) is 0 Å². The largest absolute Gasteiger partial charge is 0.328 e. The van der Waals surface area contributed by atoms with Crippen LogP contribution in [0.2, 0.25) is 0 Å². The zero-order chi connectivity index (χ0) is 17.8. The highest BCUT2D eigenvalue weighted by Crippen LogP contribution is 2.28. The molecule has 4 heteroatoms. The average Bonchev–Trinajstić information content (AvgIpc) is 3.05. The Balaban J connectivity index is 1.34. The molecular formula is C22H32N4. The lowest BCUT2D eigenvalue weighted by molar-refractivity contribution is 0.139. The first-order chi connectivity index (χ1) is 12.8. The molecule has 140 valence electrons. The van der Waals surface area contributed by atoms with Crippen molar-refractivity contribution in [3.8, 4) is 11.4 Å². The van der Waals surface area contributed by atoms with Gasteiger partial charge in [-0.3, -0.25) is 4.98 Å². The van der Waals surface area contributed by atoms with Crippen LogP contribution in [-0.2, 0) is 6.54 Å². The van der Waals surface area contributed by atoms with E-state index in [9.17, 15) is 0 Å². The van der Waals surface area contributed by atoms with Gasteiger partial charge in [0.2, 0.25) is 0 Å². The number of piperidine rings is 1. The number of likely N-dealkylation sites (tertiary alicyclic amines) is 1. The van der Waals surface area contributed by atoms with Crippen molar-refractivity contribution in [3.63, 3.8) is 0 Å². The van der Waals surface area contributed by atoms with Crippen LogP contribution in [0.15, 0.2) is 30.7 Å². The Kier molecular flexibility index (Phi) is 5.68. The zero-order valence-corrected chi connectivity index (χ0v) is 16.1. The van der Waals surface area contributed by atoms with Gasteiger partial charge in [-0.05, 0) is 69.7 Å². The number of aromatic nitrogens is 3. The Labute approximate surface area is 157 Å². The molecule has 0 N–H and O–H groups in total. The minimum Gasteiger partial charge on any atom is -0.328 e. The molecule has 0 aromatic carbocycles. The molecule has 4 nitrogen and oxygen atoms in total. The number of pyridine rings is 1. The minimum atomic E-state index is 0.765. The smallest absolute Gasteiger partial charge is 0.141 e. The molecule has 2 aromatic heterocycles. The Hall–Kier alpha value is -1.68. The van der Waals surface area contributed by atoms with E-state index in [1.807, 2.05) is 24.7 Å². The van der Waals surface area contributed by atoms with Gasteiger partial charge in [0.1, 0.15) is 5.82 Å². The topological polar surface area (TPSA) is 34.0 Å². The monoisotopic (exact) mass is 352 g/mol. The molecule has 0 bridgehead atoms. The Bertz CT molecular complexity index is 679. The van der Waals surface area contributed by atoms with Crippen molar-refractivity contribution < 1.29 is 0 Å². The maximum absolute atomic E-state index is 4.66. The normalized spacial score (nSPS) is 20.5. The molecule has 3 heterocycles. The van der Waals surface area contributed by atoms with Crippen molar-refractivity contribution in [2.24, 2.45) is 11.8 Å². The summed E-state index contributed by atoms with van der Waals surface area (Å²) in [5.74, 6) is 2.80. The molecule has 0 amide bonds. The number of rotatable bonds is 5. The molecule has 0 radical (unpaired) electrons. The highest BCUT2D eigenvalue weighted by atomic mass is 15.1. The second-order valence-corrected chi connectivity index (χ2v) is 8.32. The van der Waals surface area contributed by atoms with Gasteiger partial charge in [-0.2, -0.15) is 0 Å². The predicted molar refractivity (Wildman–Crippen MR) is 106 cm³/mol. The van der Waals surface area contributed by atoms with Crippen LogP contribution >= 0.6 is 0 Å². The lowest BCUT2D eigenvalue weighted by atomic mass is 9.88. The number of hydrogen-bond donors (Lipinski definition) is 0. The van der Waals surface area contributed by atoms with Crippen molar-refractivity contribution >= 4 is 0 Å². The van der Waals surface area contributed by atoms with Crippen LogP contribution in [0.4, 0.5) is 0 Å². The van der Waals surface area contributed by atoms with Gasteiger partial charge in [0.15, 0.2) is 0 Å². The van der Waals surface area contributed by atoms with Crippen LogP contribution in [0.5, 0.6) is 0 Å². The maximum atomic E-state index is 4.66. The second kappa shape index (κ2) is 8.34. The quantitative estimate of drug-likeness (QED) is 0.792. The summed E-state index contributed by atoms with van der Waals surface area (Å²) in [5.41, 5.74) is 2.38. The predicted octanol–water partition coefficient (Wildman–Crippen LogP) is 4.55. The average molecular weight is 353 g/mol. The van der Waals surface area contributed by atoms with Crippen LogP contribution < -0.4 is 0 Å². The zero-order valence-electron chi connectivity index (χ0n) is 16.1. The number of nitrogens with zero attached hydrogens (tertiary/aromatic N) is 4. The summed E-state index contributed by atoms with van der Waals surface area (Å²) in [6, 6.07) is 4.10. The van der Waals surface area contributed by atoms with Crippen LogP contribution in [-0.4, -0.2) is 39.1 Å². The molecular weight excluding hydrogens is 320 g/mol. The molecule has 0 atom stereocenters. The summed E-state index contributed by atoms with van der Waals surface area (Å²) in [5, 5.41) is 0. The Morgan fingerprint density at radius 1 is 0.962 bits per heavy atom. The van der Waals surface area contributed by atoms with E-state index >= 15 is 0 Å². The van der Waals surface area contributed by atoms with Crippen molar-refractivity contribution in [1.82, 2.24) is 19.4 Å². The summed E-state index contributed by atoms with van der Waals surface area (Å²) < 4.78 is 2.40. The fourth-order valence-electron chi connectivity index (χ4n) is 4.76. The van der Waals surface area contributed by atoms with E-state index in [4.69, 9.17) is 0 Å². The molecule has 0 unspecified atom stereocenters. The van der Waals surface area contributed by atoms with Crippen LogP contribution in [0.1, 0.15) is 50.6 Å². The molecule has 1 aliphatic heterocycles. The van der Waals surface area contributed by atoms with E-state index in [0.717, 1.165) is 29.8 Å². The first kappa shape index (κ1) is 17.7. The highest BCUT2D eigenvalue weighted by Gasteiger charge is 2.24. The molecule has 2 aromatic rings. The molecule has 1 saturated carbocycles. The standard InChI is InChI=1S/C22H32N4/c1-18-14-24-22(21-8-5-11-23-15-21)26(18)17-20-9-12-25(13-10-20)16-19-6-3-2-4-7-19/h5,8,11,14-15,19-20H,2-4,6-7,9-10,12-13,16-17H2,1H3. The van der Waals surface area contributed by atoms with Gasteiger partial charge >= 0.3 is 0 Å². The second-order valence-electron chi connectivity index (χ2n) is 8.32. The summed E-state index contributed by atoms with van der Waals surface area (Å²) in [4.78, 5) is 11.7. The maximum Gasteiger partial charge on any atom is 0.141 e. The molecule has 2 aliphatic rings. The van der Waals surface area contributed by atoms with E-state index in [0.29, 0.717) is 0 Å². The molecule has 1 saturated heterocycles. The summed E-state index contributed by atoms with van der Waals surface area (Å²) in [6.45, 7) is 7.16. The molecule has 26 heavy (non-hydrogen) atoms. The van der Waals surface area contributed by atoms with E-state index in [-0.39, 0.29) is 0 Å². The Morgan fingerprint density at radius 2 is 1.73 bits per heavy atom. The first-order valence-electron chi connectivity index (χ1n) is 10.4. The molecule has 2 fully saturated rings. The highest BCUT2D eigenvalue weighted by molar-refractivity contribution is 5.54. The third-order valence-corrected chi connectivity index (χ3v) is 6.36. The first-order valence-corrected chi connectivity index (χ1v) is 10.4. The van der Waals surface area contributed by atoms with Gasteiger partial charge in [0, 0.05) is 42.9 Å². The van der Waals surface area contributed by atoms with Gasteiger partial charge in [-0.1, -0.05) is 19.3 Å². The summed E-state index contributed by atoms with van der Waals surface area (Å²) in [6.07, 6.45) is 15.7. The van der Waals surface area contributed by atoms with E-state index in [1.54, 1.807) is 0 Å². The van der Waals surface area contributed by atoms with Crippen molar-refractivity contribution in [3.05, 3.63) is 36.4 Å². The van der Waals surface area contributed by atoms with Gasteiger partial charge in [0.25, 0.3) is 0 Å². The third-order valence-electron chi connectivity index (χ3n) is 6.36. The van der Waals surface area contributed by atoms with Crippen LogP contribution in [0.25, 0.3) is 11.4 Å². The summed E-state index contributed by atoms with van der Waals surface area (Å²) in [7, 11) is 0.